The number of fused-ring (bicyclic) bond motifs is 2. The van der Waals surface area contributed by atoms with E-state index < -0.39 is 29.3 Å². The van der Waals surface area contributed by atoms with E-state index in [2.05, 4.69) is 22.9 Å². The largest absolute Gasteiger partial charge is 1.00 e. The van der Waals surface area contributed by atoms with Crippen LogP contribution in [0.5, 0.6) is 0 Å². The zero-order chi connectivity index (χ0) is 7.84. The van der Waals surface area contributed by atoms with E-state index in [0.717, 1.165) is 0 Å². The smallest absolute Gasteiger partial charge is 0.833 e. The van der Waals surface area contributed by atoms with Gasteiger partial charge in [-0.1, -0.05) is 0 Å². The molecule has 7 nitrogen and oxygen atoms in total. The van der Waals surface area contributed by atoms with Crippen LogP contribution in [0.3, 0.4) is 0 Å². The van der Waals surface area contributed by atoms with Crippen LogP contribution in [0, 0.1) is 0 Å². The fourth-order valence-electron chi connectivity index (χ4n) is 0.710. The van der Waals surface area contributed by atoms with Crippen LogP contribution in [0.1, 0.15) is 0 Å². The average Bonchev–Trinajstić information content (AvgIpc) is 1.82. The third kappa shape index (κ3) is 5.17. The third-order valence-electron chi connectivity index (χ3n) is 1.11. The monoisotopic (exact) mass is 326 g/mol. The van der Waals surface area contributed by atoms with Crippen LogP contribution >= 0.6 is 0 Å². The van der Waals surface area contributed by atoms with Crippen molar-refractivity contribution in [1.82, 2.24) is 0 Å². The predicted molar refractivity (Wildman–Crippen MR) is 28.4 cm³/mol. The molecule has 13 heteroatoms. The van der Waals surface area contributed by atoms with Gasteiger partial charge in [-0.3, -0.25) is 0 Å². The topological polar surface area (TPSA) is 92.3 Å². The molecule has 0 aromatic rings. The predicted octanol–water partition coefficient (Wildman–Crippen LogP) is -10.2. The Morgan fingerprint density at radius 2 is 0.923 bits per heavy atom. The van der Waals surface area contributed by atoms with E-state index in [9.17, 15) is 10.0 Å². The maximum absolute atomic E-state index is 10.5. The molecule has 0 aromatic carbocycles. The van der Waals surface area contributed by atoms with Crippen LogP contribution in [0.25, 0.3) is 0 Å². The molecule has 0 aromatic heterocycles. The minimum Gasteiger partial charge on any atom is -0.833 e. The van der Waals surface area contributed by atoms with Crippen LogP contribution < -0.4 is 126 Å². The van der Waals surface area contributed by atoms with Crippen molar-refractivity contribution < 1.29 is 149 Å². The van der Waals surface area contributed by atoms with Gasteiger partial charge < -0.3 is 32.9 Å². The third-order valence-corrected chi connectivity index (χ3v) is 1.11. The molecule has 2 saturated heterocycles. The summed E-state index contributed by atoms with van der Waals surface area (Å²) in [4.78, 5) is 0. The van der Waals surface area contributed by atoms with Crippen LogP contribution in [0.15, 0.2) is 0 Å². The summed E-state index contributed by atoms with van der Waals surface area (Å²) in [6, 6.07) is 0. The summed E-state index contributed by atoms with van der Waals surface area (Å²) in [5.74, 6) is 0. The number of rotatable bonds is 0. The molecule has 0 N–H and O–H groups in total. The van der Waals surface area contributed by atoms with Gasteiger partial charge in [-0.2, -0.15) is 0 Å². The molecule has 2 aliphatic heterocycles. The molecule has 0 spiro atoms. The van der Waals surface area contributed by atoms with Gasteiger partial charge >= 0.3 is 146 Å². The summed E-state index contributed by atoms with van der Waals surface area (Å²) in [6.07, 6.45) is 0. The molecule has 0 amide bonds. The Balaban J connectivity index is 0.000000720. The molecule has 2 heterocycles. The van der Waals surface area contributed by atoms with Crippen LogP contribution in [-0.2, 0) is 22.9 Å². The average molecular weight is 326 g/mol. The summed E-state index contributed by atoms with van der Waals surface area (Å²) >= 11 is 0. The summed E-state index contributed by atoms with van der Waals surface area (Å²) in [5, 5.41) is 21.0. The molecule has 0 saturated carbocycles. The molecule has 2 fully saturated rings. The molecular weight excluding hydrogens is 326 g/mol. The first-order valence-corrected chi connectivity index (χ1v) is 2.83. The molecule has 0 atom stereocenters. The maximum Gasteiger partial charge on any atom is 1.00 e. The van der Waals surface area contributed by atoms with Crippen molar-refractivity contribution in [3.8, 4) is 0 Å². The van der Waals surface area contributed by atoms with Crippen molar-refractivity contribution in [3.63, 3.8) is 0 Å². The van der Waals surface area contributed by atoms with Crippen LogP contribution in [0.4, 0.5) is 0 Å². The van der Waals surface area contributed by atoms with Crippen LogP contribution in [-0.4, -0.2) is 29.3 Å². The molecule has 56 valence electrons. The molecule has 2 aliphatic rings. The Morgan fingerprint density at radius 3 is 1.23 bits per heavy atom. The number of hydrogen-bond acceptors (Lipinski definition) is 7. The van der Waals surface area contributed by atoms with Crippen molar-refractivity contribution in [2.24, 2.45) is 0 Å². The Morgan fingerprint density at radius 1 is 0.615 bits per heavy atom. The molecule has 2 bridgehead atoms. The van der Waals surface area contributed by atoms with E-state index in [4.69, 9.17) is 0 Å². The number of hydrogen-bond donors (Lipinski definition) is 0. The van der Waals surface area contributed by atoms with E-state index in [-0.39, 0.29) is 116 Å². The maximum atomic E-state index is 10.5. The van der Waals surface area contributed by atoms with E-state index in [1.165, 1.54) is 0 Å². The van der Waals surface area contributed by atoms with E-state index in [1.54, 1.807) is 0 Å². The summed E-state index contributed by atoms with van der Waals surface area (Å²) in [6.45, 7) is 0. The second kappa shape index (κ2) is 7.83. The SMILES string of the molecule is [O-]B1OB2OB([O-])OB(O1)O2.[Rb+].[Rb+]. The van der Waals surface area contributed by atoms with E-state index >= 15 is 0 Å². The molecule has 0 aliphatic carbocycles. The molecular formula is B4O7Rb2. The standard InChI is InChI=1S/B4O7.2Rb/c5-1-7-3-9-2(6)10-4(8-1)11-3;;/q-2;2*+1. The van der Waals surface area contributed by atoms with Gasteiger partial charge in [-0.25, -0.2) is 0 Å². The Kier molecular flexibility index (Phi) is 9.99. The Labute approximate surface area is 174 Å². The van der Waals surface area contributed by atoms with Crippen molar-refractivity contribution in [2.75, 3.05) is 0 Å². The normalized spacial score (nSPS) is 20.8. The summed E-state index contributed by atoms with van der Waals surface area (Å²) in [5.41, 5.74) is 0. The molecule has 2 rings (SSSR count). The Hall–Kier alpha value is 3.59. The second-order valence-electron chi connectivity index (χ2n) is 1.84. The fraction of sp³-hybridized carbons (Fsp3) is 0. The zero-order valence-corrected chi connectivity index (χ0v) is 17.0. The molecule has 13 heavy (non-hydrogen) atoms. The first-order chi connectivity index (χ1) is 5.24. The van der Waals surface area contributed by atoms with Gasteiger partial charge in [-0.15, -0.1) is 0 Å². The van der Waals surface area contributed by atoms with Gasteiger partial charge in [0.1, 0.15) is 0 Å². The first-order valence-electron chi connectivity index (χ1n) is 2.83. The molecule has 0 unspecified atom stereocenters. The van der Waals surface area contributed by atoms with Gasteiger partial charge in [0.25, 0.3) is 0 Å². The van der Waals surface area contributed by atoms with Crippen molar-refractivity contribution in [2.45, 2.75) is 0 Å². The van der Waals surface area contributed by atoms with E-state index in [1.807, 2.05) is 0 Å². The van der Waals surface area contributed by atoms with Gasteiger partial charge in [0.05, 0.1) is 0 Å². The van der Waals surface area contributed by atoms with Crippen LogP contribution in [0.2, 0.25) is 0 Å². The van der Waals surface area contributed by atoms with Gasteiger partial charge in [-0.05, 0) is 0 Å². The fourth-order valence-corrected chi connectivity index (χ4v) is 0.710. The van der Waals surface area contributed by atoms with Gasteiger partial charge in [0, 0.05) is 0 Å². The zero-order valence-electron chi connectivity index (χ0n) is 7.17. The second-order valence-corrected chi connectivity index (χ2v) is 1.84. The van der Waals surface area contributed by atoms with Gasteiger partial charge in [0.2, 0.25) is 0 Å². The van der Waals surface area contributed by atoms with Gasteiger partial charge in [0.15, 0.2) is 0 Å². The Bertz CT molecular complexity index is 124. The van der Waals surface area contributed by atoms with E-state index in [0.29, 0.717) is 0 Å². The van der Waals surface area contributed by atoms with Crippen molar-refractivity contribution in [1.29, 1.82) is 0 Å². The minimum atomic E-state index is -1.73. The summed E-state index contributed by atoms with van der Waals surface area (Å²) in [7, 11) is -6.00. The molecule has 0 radical (unpaired) electrons. The van der Waals surface area contributed by atoms with Crippen molar-refractivity contribution in [3.05, 3.63) is 0 Å². The first kappa shape index (κ1) is 16.6. The minimum absolute atomic E-state index is 0. The quantitative estimate of drug-likeness (QED) is 0.408. The van der Waals surface area contributed by atoms with Crippen molar-refractivity contribution >= 4 is 29.3 Å². The summed E-state index contributed by atoms with van der Waals surface area (Å²) < 4.78 is 21.9.